The Morgan fingerprint density at radius 1 is 1.14 bits per heavy atom. The minimum Gasteiger partial charge on any atom is -0.322 e. The van der Waals surface area contributed by atoms with Gasteiger partial charge in [0.15, 0.2) is 5.82 Å². The van der Waals surface area contributed by atoms with Gasteiger partial charge in [-0.2, -0.15) is 0 Å². The summed E-state index contributed by atoms with van der Waals surface area (Å²) in [6, 6.07) is 9.80. The van der Waals surface area contributed by atoms with Gasteiger partial charge in [-0.1, -0.05) is 28.1 Å². The largest absolute Gasteiger partial charge is 0.322 e. The number of nitrogens with zero attached hydrogens (tertiary/aromatic N) is 2. The molecular weight excluding hydrogens is 362 g/mol. The van der Waals surface area contributed by atoms with Crippen molar-refractivity contribution < 1.29 is 8.78 Å². The molecule has 0 unspecified atom stereocenters. The van der Waals surface area contributed by atoms with Crippen LogP contribution in [0.5, 0.6) is 0 Å². The van der Waals surface area contributed by atoms with Crippen molar-refractivity contribution in [1.29, 1.82) is 0 Å². The summed E-state index contributed by atoms with van der Waals surface area (Å²) in [5, 5.41) is 0. The van der Waals surface area contributed by atoms with E-state index in [4.69, 9.17) is 11.6 Å². The maximum atomic E-state index is 13.8. The van der Waals surface area contributed by atoms with Gasteiger partial charge in [-0.05, 0) is 23.8 Å². The lowest BCUT2D eigenvalue weighted by Gasteiger charge is -2.08. The van der Waals surface area contributed by atoms with Gasteiger partial charge in [-0.3, -0.25) is 0 Å². The molecule has 1 heterocycles. The summed E-state index contributed by atoms with van der Waals surface area (Å²) < 4.78 is 30.0. The van der Waals surface area contributed by atoms with Crippen molar-refractivity contribution >= 4 is 38.6 Å². The second kappa shape index (κ2) is 5.73. The topological polar surface area (TPSA) is 17.8 Å². The molecule has 1 aromatic heterocycles. The number of aromatic nitrogens is 2. The van der Waals surface area contributed by atoms with Gasteiger partial charge in [-0.15, -0.1) is 11.6 Å². The van der Waals surface area contributed by atoms with Crippen molar-refractivity contribution in [2.45, 2.75) is 12.4 Å². The summed E-state index contributed by atoms with van der Waals surface area (Å²) in [5.74, 6) is -0.658. The molecule has 0 aliphatic heterocycles. The van der Waals surface area contributed by atoms with Crippen molar-refractivity contribution in [2.75, 3.05) is 0 Å². The normalized spacial score (nSPS) is 11.2. The zero-order valence-electron chi connectivity index (χ0n) is 10.8. The van der Waals surface area contributed by atoms with Gasteiger partial charge in [0.05, 0.1) is 11.4 Å². The fraction of sp³-hybridized carbons (Fsp3) is 0.133. The lowest BCUT2D eigenvalue weighted by atomic mass is 10.2. The predicted molar refractivity (Wildman–Crippen MR) is 82.5 cm³/mol. The van der Waals surface area contributed by atoms with Crippen LogP contribution in [0.4, 0.5) is 8.78 Å². The highest BCUT2D eigenvalue weighted by Crippen LogP contribution is 2.23. The second-order valence-electron chi connectivity index (χ2n) is 4.63. The highest BCUT2D eigenvalue weighted by molar-refractivity contribution is 9.10. The number of benzene rings is 2. The van der Waals surface area contributed by atoms with Crippen molar-refractivity contribution in [3.63, 3.8) is 0 Å². The van der Waals surface area contributed by atoms with Crippen LogP contribution in [-0.4, -0.2) is 9.55 Å². The summed E-state index contributed by atoms with van der Waals surface area (Å²) in [4.78, 5) is 4.17. The fourth-order valence-corrected chi connectivity index (χ4v) is 2.72. The fourth-order valence-electron chi connectivity index (χ4n) is 2.25. The number of hydrogen-bond donors (Lipinski definition) is 0. The van der Waals surface area contributed by atoms with Crippen molar-refractivity contribution in [3.8, 4) is 0 Å². The number of alkyl halides is 1. The van der Waals surface area contributed by atoms with E-state index in [-0.39, 0.29) is 11.4 Å². The summed E-state index contributed by atoms with van der Waals surface area (Å²) in [6.07, 6.45) is 0. The third-order valence-electron chi connectivity index (χ3n) is 3.22. The number of hydrogen-bond acceptors (Lipinski definition) is 1. The molecule has 0 fully saturated rings. The summed E-state index contributed by atoms with van der Waals surface area (Å²) in [5.41, 5.74) is 1.55. The number of halogens is 4. The monoisotopic (exact) mass is 370 g/mol. The molecule has 3 rings (SSSR count). The van der Waals surface area contributed by atoms with Gasteiger partial charge < -0.3 is 4.57 Å². The molecule has 2 aromatic carbocycles. The molecule has 0 N–H and O–H groups in total. The molecule has 0 saturated heterocycles. The lowest BCUT2D eigenvalue weighted by Crippen LogP contribution is -2.04. The Morgan fingerprint density at radius 2 is 1.86 bits per heavy atom. The highest BCUT2D eigenvalue weighted by Gasteiger charge is 2.15. The van der Waals surface area contributed by atoms with Gasteiger partial charge in [0.25, 0.3) is 0 Å². The smallest absolute Gasteiger partial charge is 0.153 e. The molecule has 0 amide bonds. The summed E-state index contributed by atoms with van der Waals surface area (Å²) in [6.45, 7) is 0.453. The maximum absolute atomic E-state index is 13.8. The van der Waals surface area contributed by atoms with Crippen LogP contribution in [0.2, 0.25) is 0 Å². The molecule has 0 aliphatic carbocycles. The second-order valence-corrected chi connectivity index (χ2v) is 5.81. The molecule has 21 heavy (non-hydrogen) atoms. The molecule has 0 spiro atoms. The Kier molecular flexibility index (Phi) is 3.95. The standard InChI is InChI=1S/C15H10BrClF2N2/c16-10-3-1-9(2-4-10)8-21-13-6-11(18)5-12(19)15(13)20-14(21)7-17/h1-6H,7-8H2. The third kappa shape index (κ3) is 2.80. The number of imidazole rings is 1. The lowest BCUT2D eigenvalue weighted by molar-refractivity contribution is 0.590. The van der Waals surface area contributed by atoms with Crippen LogP contribution in [0.15, 0.2) is 40.9 Å². The van der Waals surface area contributed by atoms with Crippen LogP contribution in [-0.2, 0) is 12.4 Å². The zero-order valence-corrected chi connectivity index (χ0v) is 13.1. The van der Waals surface area contributed by atoms with Gasteiger partial charge in [0.2, 0.25) is 0 Å². The number of rotatable bonds is 3. The first-order valence-corrected chi connectivity index (χ1v) is 7.56. The Morgan fingerprint density at radius 3 is 2.52 bits per heavy atom. The first-order valence-electron chi connectivity index (χ1n) is 6.23. The van der Waals surface area contributed by atoms with E-state index >= 15 is 0 Å². The molecule has 0 saturated carbocycles. The van der Waals surface area contributed by atoms with Crippen LogP contribution >= 0.6 is 27.5 Å². The van der Waals surface area contributed by atoms with E-state index in [2.05, 4.69) is 20.9 Å². The van der Waals surface area contributed by atoms with Crippen molar-refractivity contribution in [2.24, 2.45) is 0 Å². The Balaban J connectivity index is 2.13. The van der Waals surface area contributed by atoms with Crippen LogP contribution < -0.4 is 0 Å². The molecule has 0 aliphatic rings. The summed E-state index contributed by atoms with van der Waals surface area (Å²) >= 11 is 9.25. The Labute approximate surface area is 133 Å². The molecule has 0 radical (unpaired) electrons. The van der Waals surface area contributed by atoms with Crippen molar-refractivity contribution in [1.82, 2.24) is 9.55 Å². The highest BCUT2D eigenvalue weighted by atomic mass is 79.9. The Bertz CT molecular complexity index is 800. The zero-order chi connectivity index (χ0) is 15.0. The van der Waals surface area contributed by atoms with Gasteiger partial charge in [0, 0.05) is 17.1 Å². The molecular formula is C15H10BrClF2N2. The van der Waals surface area contributed by atoms with E-state index < -0.39 is 11.6 Å². The molecule has 2 nitrogen and oxygen atoms in total. The summed E-state index contributed by atoms with van der Waals surface area (Å²) in [7, 11) is 0. The maximum Gasteiger partial charge on any atom is 0.153 e. The van der Waals surface area contributed by atoms with E-state index in [1.54, 1.807) is 4.57 Å². The van der Waals surface area contributed by atoms with Gasteiger partial charge in [-0.25, -0.2) is 13.8 Å². The molecule has 3 aromatic rings. The predicted octanol–water partition coefficient (Wildman–Crippen LogP) is 4.86. The van der Waals surface area contributed by atoms with E-state index in [0.29, 0.717) is 17.9 Å². The van der Waals surface area contributed by atoms with Crippen LogP contribution in [0.25, 0.3) is 11.0 Å². The molecule has 6 heteroatoms. The van der Waals surface area contributed by atoms with E-state index in [9.17, 15) is 8.78 Å². The van der Waals surface area contributed by atoms with E-state index in [1.807, 2.05) is 24.3 Å². The van der Waals surface area contributed by atoms with E-state index in [0.717, 1.165) is 16.1 Å². The van der Waals surface area contributed by atoms with Crippen LogP contribution in [0.3, 0.4) is 0 Å². The quantitative estimate of drug-likeness (QED) is 0.601. The first kappa shape index (κ1) is 14.5. The van der Waals surface area contributed by atoms with Gasteiger partial charge in [0.1, 0.15) is 17.2 Å². The first-order chi connectivity index (χ1) is 10.1. The average molecular weight is 372 g/mol. The molecule has 0 bridgehead atoms. The Hall–Kier alpha value is -1.46. The van der Waals surface area contributed by atoms with Crippen LogP contribution in [0, 0.1) is 11.6 Å². The van der Waals surface area contributed by atoms with Gasteiger partial charge >= 0.3 is 0 Å². The van der Waals surface area contributed by atoms with Crippen molar-refractivity contribution in [3.05, 3.63) is 63.9 Å². The molecule has 108 valence electrons. The molecule has 0 atom stereocenters. The van der Waals surface area contributed by atoms with Crippen LogP contribution in [0.1, 0.15) is 11.4 Å². The minimum absolute atomic E-state index is 0.131. The van der Waals surface area contributed by atoms with E-state index in [1.165, 1.54) is 6.07 Å². The minimum atomic E-state index is -0.675. The third-order valence-corrected chi connectivity index (χ3v) is 3.99. The SMILES string of the molecule is Fc1cc(F)c2nc(CCl)n(Cc3ccc(Br)cc3)c2c1. The average Bonchev–Trinajstić information content (AvgIpc) is 2.80. The number of fused-ring (bicyclic) bond motifs is 1.